The van der Waals surface area contributed by atoms with Crippen molar-refractivity contribution in [3.8, 4) is 0 Å². The van der Waals surface area contributed by atoms with E-state index in [0.29, 0.717) is 0 Å². The number of para-hydroxylation sites is 1. The molecule has 0 radical (unpaired) electrons. The molecule has 0 aliphatic heterocycles. The van der Waals surface area contributed by atoms with Gasteiger partial charge in [-0.1, -0.05) is 26.0 Å². The zero-order chi connectivity index (χ0) is 16.9. The Bertz CT molecular complexity index is 614. The van der Waals surface area contributed by atoms with Crippen LogP contribution in [0.2, 0.25) is 0 Å². The number of nitro groups is 1. The molecule has 118 valence electrons. The molecule has 1 rings (SSSR count). The highest BCUT2D eigenvalue weighted by Crippen LogP contribution is 2.20. The first-order chi connectivity index (χ1) is 10.2. The lowest BCUT2D eigenvalue weighted by Gasteiger charge is -2.19. The van der Waals surface area contributed by atoms with Gasteiger partial charge >= 0.3 is 12.0 Å². The highest BCUT2D eigenvalue weighted by atomic mass is 16.6. The number of hydrogen-bond donors (Lipinski definition) is 2. The van der Waals surface area contributed by atoms with Crippen LogP contribution < -0.4 is 11.1 Å². The summed E-state index contributed by atoms with van der Waals surface area (Å²) in [7, 11) is 0. The summed E-state index contributed by atoms with van der Waals surface area (Å²) < 4.78 is 4.99. The van der Waals surface area contributed by atoms with Crippen LogP contribution in [0.1, 0.15) is 24.2 Å². The monoisotopic (exact) mass is 309 g/mol. The second kappa shape index (κ2) is 7.16. The molecule has 1 unspecified atom stereocenters. The third-order valence-electron chi connectivity index (χ3n) is 2.66. The van der Waals surface area contributed by atoms with E-state index in [-0.39, 0.29) is 5.56 Å². The molecule has 9 nitrogen and oxygen atoms in total. The fourth-order valence-electron chi connectivity index (χ4n) is 1.67. The number of benzene rings is 1. The minimum absolute atomic E-state index is 0.287. The molecule has 0 spiro atoms. The van der Waals surface area contributed by atoms with Gasteiger partial charge < -0.3 is 10.5 Å². The first-order valence-corrected chi connectivity index (χ1v) is 6.28. The van der Waals surface area contributed by atoms with Crippen LogP contribution in [0.3, 0.4) is 0 Å². The largest absolute Gasteiger partial charge is 0.448 e. The molecule has 0 bridgehead atoms. The number of ether oxygens (including phenoxy) is 1. The van der Waals surface area contributed by atoms with Gasteiger partial charge in [0.2, 0.25) is 0 Å². The minimum atomic E-state index is -1.31. The molecule has 0 saturated heterocycles. The summed E-state index contributed by atoms with van der Waals surface area (Å²) in [5.74, 6) is -2.40. The molecule has 0 heterocycles. The maximum absolute atomic E-state index is 12.1. The summed E-state index contributed by atoms with van der Waals surface area (Å²) >= 11 is 0. The predicted octanol–water partition coefficient (Wildman–Crippen LogP) is 0.971. The quantitative estimate of drug-likeness (QED) is 0.471. The second-order valence-corrected chi connectivity index (χ2v) is 4.70. The van der Waals surface area contributed by atoms with Crippen LogP contribution >= 0.6 is 0 Å². The summed E-state index contributed by atoms with van der Waals surface area (Å²) in [6.45, 7) is 3.16. The number of nitrogens with one attached hydrogen (secondary N) is 1. The number of carbonyl (C=O) groups is 3. The summed E-state index contributed by atoms with van der Waals surface area (Å²) in [5, 5.41) is 12.7. The van der Waals surface area contributed by atoms with Crippen LogP contribution in [-0.4, -0.2) is 28.9 Å². The van der Waals surface area contributed by atoms with E-state index in [0.717, 1.165) is 6.07 Å². The fourth-order valence-corrected chi connectivity index (χ4v) is 1.67. The Morgan fingerprint density at radius 1 is 1.27 bits per heavy atom. The molecule has 9 heteroatoms. The molecule has 0 fully saturated rings. The normalized spacial score (nSPS) is 11.6. The average Bonchev–Trinajstić information content (AvgIpc) is 2.43. The SMILES string of the molecule is CC(C)C(OC(=O)c1ccccc1[N+](=O)[O-])C(=O)NC(N)=O. The van der Waals surface area contributed by atoms with E-state index in [2.05, 4.69) is 0 Å². The van der Waals surface area contributed by atoms with Crippen LogP contribution in [0, 0.1) is 16.0 Å². The molecule has 0 aromatic heterocycles. The van der Waals surface area contributed by atoms with Crippen molar-refractivity contribution in [3.05, 3.63) is 39.9 Å². The first kappa shape index (κ1) is 17.1. The Labute approximate surface area is 125 Å². The van der Waals surface area contributed by atoms with Gasteiger partial charge in [0.15, 0.2) is 6.10 Å². The molecule has 0 aliphatic carbocycles. The van der Waals surface area contributed by atoms with E-state index in [9.17, 15) is 24.5 Å². The van der Waals surface area contributed by atoms with Crippen molar-refractivity contribution in [2.24, 2.45) is 11.7 Å². The predicted molar refractivity (Wildman–Crippen MR) is 74.9 cm³/mol. The fraction of sp³-hybridized carbons (Fsp3) is 0.308. The van der Waals surface area contributed by atoms with Crippen molar-refractivity contribution in [2.75, 3.05) is 0 Å². The highest BCUT2D eigenvalue weighted by Gasteiger charge is 2.30. The van der Waals surface area contributed by atoms with Gasteiger partial charge in [0, 0.05) is 6.07 Å². The van der Waals surface area contributed by atoms with Crippen molar-refractivity contribution in [1.82, 2.24) is 5.32 Å². The topological polar surface area (TPSA) is 142 Å². The number of esters is 1. The van der Waals surface area contributed by atoms with Gasteiger partial charge in [-0.15, -0.1) is 0 Å². The van der Waals surface area contributed by atoms with Crippen LogP contribution in [-0.2, 0) is 9.53 Å². The smallest absolute Gasteiger partial charge is 0.345 e. The van der Waals surface area contributed by atoms with E-state index in [1.807, 2.05) is 5.32 Å². The van der Waals surface area contributed by atoms with Crippen molar-refractivity contribution < 1.29 is 24.0 Å². The van der Waals surface area contributed by atoms with Gasteiger partial charge in [0.25, 0.3) is 11.6 Å². The number of nitrogens with zero attached hydrogens (tertiary/aromatic N) is 1. The van der Waals surface area contributed by atoms with Gasteiger partial charge in [-0.2, -0.15) is 0 Å². The molecule has 3 amide bonds. The van der Waals surface area contributed by atoms with Crippen molar-refractivity contribution >= 4 is 23.6 Å². The van der Waals surface area contributed by atoms with Crippen LogP contribution in [0.15, 0.2) is 24.3 Å². The number of amides is 3. The van der Waals surface area contributed by atoms with Gasteiger partial charge in [-0.3, -0.25) is 20.2 Å². The van der Waals surface area contributed by atoms with E-state index in [4.69, 9.17) is 10.5 Å². The molecule has 1 aromatic rings. The Balaban J connectivity index is 3.00. The lowest BCUT2D eigenvalue weighted by atomic mass is 10.1. The number of primary amides is 1. The Morgan fingerprint density at radius 2 is 1.86 bits per heavy atom. The molecular weight excluding hydrogens is 294 g/mol. The number of hydrogen-bond acceptors (Lipinski definition) is 6. The Hall–Kier alpha value is -2.97. The number of rotatable bonds is 5. The molecule has 3 N–H and O–H groups in total. The standard InChI is InChI=1S/C13H15N3O6/c1-7(2)10(11(17)15-13(14)19)22-12(18)8-5-3-4-6-9(8)16(20)21/h3-7,10H,1-2H3,(H3,14,15,17,19). The number of nitro benzene ring substituents is 1. The molecular formula is C13H15N3O6. The molecule has 0 saturated carbocycles. The van der Waals surface area contributed by atoms with Gasteiger partial charge in [-0.25, -0.2) is 9.59 Å². The third kappa shape index (κ3) is 4.27. The zero-order valence-electron chi connectivity index (χ0n) is 11.9. The minimum Gasteiger partial charge on any atom is -0.448 e. The number of urea groups is 1. The van der Waals surface area contributed by atoms with Gasteiger partial charge in [0.1, 0.15) is 5.56 Å². The van der Waals surface area contributed by atoms with Crippen molar-refractivity contribution in [1.29, 1.82) is 0 Å². The average molecular weight is 309 g/mol. The van der Waals surface area contributed by atoms with Crippen LogP contribution in [0.5, 0.6) is 0 Å². The summed E-state index contributed by atoms with van der Waals surface area (Å²) in [6.07, 6.45) is -1.31. The van der Waals surface area contributed by atoms with E-state index < -0.39 is 40.5 Å². The number of carbonyl (C=O) groups excluding carboxylic acids is 3. The maximum Gasteiger partial charge on any atom is 0.345 e. The number of imide groups is 1. The van der Waals surface area contributed by atoms with Crippen LogP contribution in [0.4, 0.5) is 10.5 Å². The zero-order valence-corrected chi connectivity index (χ0v) is 11.9. The van der Waals surface area contributed by atoms with E-state index in [1.54, 1.807) is 13.8 Å². The summed E-state index contributed by atoms with van der Waals surface area (Å²) in [6, 6.07) is 4.10. The lowest BCUT2D eigenvalue weighted by Crippen LogP contribution is -2.45. The van der Waals surface area contributed by atoms with Gasteiger partial charge in [0.05, 0.1) is 4.92 Å². The first-order valence-electron chi connectivity index (χ1n) is 6.28. The molecule has 1 aromatic carbocycles. The van der Waals surface area contributed by atoms with Gasteiger partial charge in [-0.05, 0) is 12.0 Å². The molecule has 0 aliphatic rings. The number of nitrogens with two attached hydrogens (primary N) is 1. The van der Waals surface area contributed by atoms with Crippen LogP contribution in [0.25, 0.3) is 0 Å². The van der Waals surface area contributed by atoms with E-state index in [1.165, 1.54) is 18.2 Å². The summed E-state index contributed by atoms with van der Waals surface area (Å²) in [5.41, 5.74) is 4.11. The molecule has 1 atom stereocenters. The Kier molecular flexibility index (Phi) is 5.56. The van der Waals surface area contributed by atoms with Crippen molar-refractivity contribution in [2.45, 2.75) is 20.0 Å². The maximum atomic E-state index is 12.1. The van der Waals surface area contributed by atoms with E-state index >= 15 is 0 Å². The lowest BCUT2D eigenvalue weighted by molar-refractivity contribution is -0.385. The summed E-state index contributed by atoms with van der Waals surface area (Å²) in [4.78, 5) is 44.7. The third-order valence-corrected chi connectivity index (χ3v) is 2.66. The highest BCUT2D eigenvalue weighted by molar-refractivity contribution is 5.99. The Morgan fingerprint density at radius 3 is 2.36 bits per heavy atom. The molecule has 22 heavy (non-hydrogen) atoms. The van der Waals surface area contributed by atoms with Crippen molar-refractivity contribution in [3.63, 3.8) is 0 Å². The second-order valence-electron chi connectivity index (χ2n) is 4.70.